The molecular weight excluding hydrogens is 176 g/mol. The maximum absolute atomic E-state index is 11.6. The van der Waals surface area contributed by atoms with Gasteiger partial charge in [-0.1, -0.05) is 25.7 Å². The zero-order valence-electron chi connectivity index (χ0n) is 8.72. The van der Waals surface area contributed by atoms with Crippen LogP contribution >= 0.6 is 0 Å². The summed E-state index contributed by atoms with van der Waals surface area (Å²) >= 11 is 0. The van der Waals surface area contributed by atoms with Crippen molar-refractivity contribution in [1.82, 2.24) is 5.32 Å². The number of primary amides is 1. The van der Waals surface area contributed by atoms with E-state index in [1.165, 1.54) is 25.7 Å². The number of nitrogens with one attached hydrogen (secondary N) is 1. The molecule has 3 heteroatoms. The summed E-state index contributed by atoms with van der Waals surface area (Å²) in [4.78, 5) is 11.6. The SMILES string of the molecule is NC(=O)C1(NC2CC2)CCCCCC1. The second kappa shape index (κ2) is 3.89. The first-order valence-electron chi connectivity index (χ1n) is 5.81. The maximum atomic E-state index is 11.6. The van der Waals surface area contributed by atoms with Gasteiger partial charge in [-0.2, -0.15) is 0 Å². The fourth-order valence-electron chi connectivity index (χ4n) is 2.41. The van der Waals surface area contributed by atoms with Gasteiger partial charge >= 0.3 is 0 Å². The van der Waals surface area contributed by atoms with Crippen LogP contribution in [-0.4, -0.2) is 17.5 Å². The van der Waals surface area contributed by atoms with Crippen molar-refractivity contribution in [3.63, 3.8) is 0 Å². The predicted octanol–water partition coefficient (Wildman–Crippen LogP) is 1.32. The van der Waals surface area contributed by atoms with E-state index in [0.717, 1.165) is 25.7 Å². The van der Waals surface area contributed by atoms with E-state index in [0.29, 0.717) is 6.04 Å². The number of hydrogen-bond acceptors (Lipinski definition) is 2. The summed E-state index contributed by atoms with van der Waals surface area (Å²) in [6.45, 7) is 0. The standard InChI is InChI=1S/C11H20N2O/c12-10(14)11(13-9-5-6-9)7-3-1-2-4-8-11/h9,13H,1-8H2,(H2,12,14). The van der Waals surface area contributed by atoms with Gasteiger partial charge in [0.15, 0.2) is 0 Å². The van der Waals surface area contributed by atoms with Crippen LogP contribution in [0, 0.1) is 0 Å². The van der Waals surface area contributed by atoms with Gasteiger partial charge in [-0.05, 0) is 25.7 Å². The number of amides is 1. The van der Waals surface area contributed by atoms with Crippen molar-refractivity contribution in [2.45, 2.75) is 62.9 Å². The lowest BCUT2D eigenvalue weighted by molar-refractivity contribution is -0.125. The Hall–Kier alpha value is -0.570. The molecule has 0 saturated heterocycles. The van der Waals surface area contributed by atoms with Crippen LogP contribution < -0.4 is 11.1 Å². The molecule has 0 spiro atoms. The van der Waals surface area contributed by atoms with Crippen molar-refractivity contribution < 1.29 is 4.79 Å². The third kappa shape index (κ3) is 2.08. The van der Waals surface area contributed by atoms with Crippen molar-refractivity contribution >= 4 is 5.91 Å². The third-order valence-corrected chi connectivity index (χ3v) is 3.49. The molecule has 14 heavy (non-hydrogen) atoms. The van der Waals surface area contributed by atoms with E-state index in [4.69, 9.17) is 5.73 Å². The van der Waals surface area contributed by atoms with Crippen LogP contribution in [0.3, 0.4) is 0 Å². The Morgan fingerprint density at radius 3 is 2.14 bits per heavy atom. The summed E-state index contributed by atoms with van der Waals surface area (Å²) in [5.41, 5.74) is 5.18. The molecule has 2 aliphatic rings. The molecule has 0 bridgehead atoms. The third-order valence-electron chi connectivity index (χ3n) is 3.49. The minimum absolute atomic E-state index is 0.133. The Labute approximate surface area is 85.4 Å². The fourth-order valence-corrected chi connectivity index (χ4v) is 2.41. The molecule has 0 unspecified atom stereocenters. The summed E-state index contributed by atoms with van der Waals surface area (Å²) in [7, 11) is 0. The number of rotatable bonds is 3. The highest BCUT2D eigenvalue weighted by Crippen LogP contribution is 2.31. The molecule has 2 fully saturated rings. The van der Waals surface area contributed by atoms with Crippen molar-refractivity contribution in [3.8, 4) is 0 Å². The number of carbonyl (C=O) groups excluding carboxylic acids is 1. The van der Waals surface area contributed by atoms with E-state index in [-0.39, 0.29) is 11.4 Å². The first kappa shape index (κ1) is 9.97. The van der Waals surface area contributed by atoms with Crippen molar-refractivity contribution in [3.05, 3.63) is 0 Å². The van der Waals surface area contributed by atoms with Gasteiger partial charge in [-0.15, -0.1) is 0 Å². The minimum atomic E-state index is -0.363. The summed E-state index contributed by atoms with van der Waals surface area (Å²) < 4.78 is 0. The van der Waals surface area contributed by atoms with Crippen molar-refractivity contribution in [1.29, 1.82) is 0 Å². The molecule has 0 radical (unpaired) electrons. The Balaban J connectivity index is 2.04. The van der Waals surface area contributed by atoms with Crippen LogP contribution in [0.2, 0.25) is 0 Å². The van der Waals surface area contributed by atoms with Gasteiger partial charge in [-0.25, -0.2) is 0 Å². The smallest absolute Gasteiger partial charge is 0.237 e. The van der Waals surface area contributed by atoms with E-state index in [1.54, 1.807) is 0 Å². The van der Waals surface area contributed by atoms with Crippen LogP contribution in [0.4, 0.5) is 0 Å². The van der Waals surface area contributed by atoms with E-state index in [2.05, 4.69) is 5.32 Å². The molecule has 0 aromatic rings. The second-order valence-electron chi connectivity index (χ2n) is 4.78. The Bertz CT molecular complexity index is 215. The first-order chi connectivity index (χ1) is 6.73. The number of nitrogens with two attached hydrogens (primary N) is 1. The van der Waals surface area contributed by atoms with Crippen LogP contribution in [0.1, 0.15) is 51.4 Å². The van der Waals surface area contributed by atoms with E-state index < -0.39 is 0 Å². The summed E-state index contributed by atoms with van der Waals surface area (Å²) in [5, 5.41) is 3.47. The quantitative estimate of drug-likeness (QED) is 0.669. The molecule has 0 aliphatic heterocycles. The molecule has 2 saturated carbocycles. The van der Waals surface area contributed by atoms with E-state index in [1.807, 2.05) is 0 Å². The van der Waals surface area contributed by atoms with Gasteiger partial charge in [0.2, 0.25) is 5.91 Å². The Morgan fingerprint density at radius 2 is 1.71 bits per heavy atom. The van der Waals surface area contributed by atoms with Crippen molar-refractivity contribution in [2.24, 2.45) is 5.73 Å². The lowest BCUT2D eigenvalue weighted by Crippen LogP contribution is -2.55. The lowest BCUT2D eigenvalue weighted by atomic mass is 9.89. The number of hydrogen-bond donors (Lipinski definition) is 2. The minimum Gasteiger partial charge on any atom is -0.368 e. The molecule has 0 atom stereocenters. The zero-order valence-corrected chi connectivity index (χ0v) is 8.72. The Morgan fingerprint density at radius 1 is 1.14 bits per heavy atom. The molecular formula is C11H20N2O. The average molecular weight is 196 g/mol. The lowest BCUT2D eigenvalue weighted by Gasteiger charge is -2.30. The normalized spacial score (nSPS) is 26.9. The topological polar surface area (TPSA) is 55.1 Å². The summed E-state index contributed by atoms with van der Waals surface area (Å²) in [6, 6.07) is 0.570. The van der Waals surface area contributed by atoms with Gasteiger partial charge in [0.1, 0.15) is 0 Å². The largest absolute Gasteiger partial charge is 0.368 e. The molecule has 80 valence electrons. The molecule has 0 aromatic carbocycles. The molecule has 0 aromatic heterocycles. The molecule has 1 amide bonds. The molecule has 2 rings (SSSR count). The van der Waals surface area contributed by atoms with Gasteiger partial charge < -0.3 is 11.1 Å². The van der Waals surface area contributed by atoms with E-state index in [9.17, 15) is 4.79 Å². The van der Waals surface area contributed by atoms with Crippen LogP contribution in [0.5, 0.6) is 0 Å². The molecule has 0 heterocycles. The monoisotopic (exact) mass is 196 g/mol. The summed E-state index contributed by atoms with van der Waals surface area (Å²) in [5.74, 6) is -0.133. The van der Waals surface area contributed by atoms with Gasteiger partial charge in [0, 0.05) is 6.04 Å². The molecule has 2 aliphatic carbocycles. The fraction of sp³-hybridized carbons (Fsp3) is 0.909. The van der Waals surface area contributed by atoms with E-state index >= 15 is 0 Å². The van der Waals surface area contributed by atoms with Gasteiger partial charge in [0.25, 0.3) is 0 Å². The van der Waals surface area contributed by atoms with Crippen molar-refractivity contribution in [2.75, 3.05) is 0 Å². The zero-order chi connectivity index (χ0) is 10.0. The highest BCUT2D eigenvalue weighted by molar-refractivity contribution is 5.84. The predicted molar refractivity (Wildman–Crippen MR) is 55.8 cm³/mol. The first-order valence-corrected chi connectivity index (χ1v) is 5.81. The van der Waals surface area contributed by atoms with Gasteiger partial charge in [0.05, 0.1) is 5.54 Å². The number of carbonyl (C=O) groups is 1. The van der Waals surface area contributed by atoms with Gasteiger partial charge in [-0.3, -0.25) is 4.79 Å². The van der Waals surface area contributed by atoms with Crippen LogP contribution in [-0.2, 0) is 4.79 Å². The highest BCUT2D eigenvalue weighted by atomic mass is 16.1. The maximum Gasteiger partial charge on any atom is 0.237 e. The molecule has 3 N–H and O–H groups in total. The average Bonchev–Trinajstić information content (AvgIpc) is 2.93. The van der Waals surface area contributed by atoms with Crippen LogP contribution in [0.25, 0.3) is 0 Å². The Kier molecular flexibility index (Phi) is 2.77. The van der Waals surface area contributed by atoms with Crippen LogP contribution in [0.15, 0.2) is 0 Å². The highest BCUT2D eigenvalue weighted by Gasteiger charge is 2.40. The second-order valence-corrected chi connectivity index (χ2v) is 4.78. The molecule has 3 nitrogen and oxygen atoms in total. The summed E-state index contributed by atoms with van der Waals surface area (Å²) in [6.07, 6.45) is 9.11.